The zero-order valence-corrected chi connectivity index (χ0v) is 24.5. The highest BCUT2D eigenvalue weighted by Gasteiger charge is 2.63. The van der Waals surface area contributed by atoms with Gasteiger partial charge >= 0.3 is 12.1 Å². The van der Waals surface area contributed by atoms with Crippen molar-refractivity contribution in [2.24, 2.45) is 5.41 Å². The maximum absolute atomic E-state index is 14.4. The Morgan fingerprint density at radius 1 is 1.16 bits per heavy atom. The highest BCUT2D eigenvalue weighted by molar-refractivity contribution is 7.89. The third-order valence-corrected chi connectivity index (χ3v) is 10.6. The summed E-state index contributed by atoms with van der Waals surface area (Å²) in [6, 6.07) is 2.30. The molecule has 1 N–H and O–H groups in total. The lowest BCUT2D eigenvalue weighted by molar-refractivity contribution is -0.195. The first kappa shape index (κ1) is 32.3. The summed E-state index contributed by atoms with van der Waals surface area (Å²) in [6.07, 6.45) is -5.28. The van der Waals surface area contributed by atoms with Crippen molar-refractivity contribution >= 4 is 21.7 Å². The van der Waals surface area contributed by atoms with E-state index in [4.69, 9.17) is 4.74 Å². The van der Waals surface area contributed by atoms with E-state index in [1.54, 1.807) is 0 Å². The minimum absolute atomic E-state index is 0.0673. The summed E-state index contributed by atoms with van der Waals surface area (Å²) >= 11 is 0. The van der Waals surface area contributed by atoms with Crippen LogP contribution in [0.5, 0.6) is 5.75 Å². The van der Waals surface area contributed by atoms with Gasteiger partial charge in [0, 0.05) is 62.8 Å². The van der Waals surface area contributed by atoms with E-state index in [9.17, 15) is 49.1 Å². The van der Waals surface area contributed by atoms with Crippen molar-refractivity contribution in [2.45, 2.75) is 87.1 Å². The van der Waals surface area contributed by atoms with E-state index < -0.39 is 86.4 Å². The van der Waals surface area contributed by atoms with Crippen molar-refractivity contribution in [3.63, 3.8) is 0 Å². The number of carboxylic acids is 1. The number of anilines is 1. The van der Waals surface area contributed by atoms with Crippen molar-refractivity contribution in [1.29, 1.82) is 0 Å². The maximum Gasteiger partial charge on any atom is 0.420 e. The van der Waals surface area contributed by atoms with Crippen LogP contribution in [-0.2, 0) is 22.8 Å². The van der Waals surface area contributed by atoms with Gasteiger partial charge in [0.15, 0.2) is 5.69 Å². The van der Waals surface area contributed by atoms with Gasteiger partial charge in [-0.25, -0.2) is 35.8 Å². The lowest BCUT2D eigenvalue weighted by Crippen LogP contribution is -2.61. The molecule has 2 aromatic rings. The highest BCUT2D eigenvalue weighted by atomic mass is 32.2. The number of alkyl halides is 7. The fourth-order valence-electron chi connectivity index (χ4n) is 6.55. The van der Waals surface area contributed by atoms with Crippen molar-refractivity contribution in [3.05, 3.63) is 47.3 Å². The Labute approximate surface area is 248 Å². The van der Waals surface area contributed by atoms with Gasteiger partial charge < -0.3 is 14.7 Å². The molecule has 242 valence electrons. The van der Waals surface area contributed by atoms with Crippen LogP contribution in [0.1, 0.15) is 67.1 Å². The number of pyridine rings is 1. The SMILES string of the molecule is CN1[C@@H](CCC(C)(F)F)CN(C2CC3(C2)CC(F)(F)C3)c2cc(C(F)(F)F)c(OCc3cccnc3C(=O)O)cc2S1(=O)=O. The van der Waals surface area contributed by atoms with Gasteiger partial charge in [-0.2, -0.15) is 17.5 Å². The fourth-order valence-corrected chi connectivity index (χ4v) is 8.12. The van der Waals surface area contributed by atoms with Crippen molar-refractivity contribution < 1.29 is 53.8 Å². The van der Waals surface area contributed by atoms with E-state index in [0.29, 0.717) is 19.1 Å². The van der Waals surface area contributed by atoms with E-state index in [0.717, 1.165) is 11.4 Å². The number of benzene rings is 1. The molecule has 2 aliphatic carbocycles. The molecule has 1 aromatic heterocycles. The van der Waals surface area contributed by atoms with E-state index in [2.05, 4.69) is 4.98 Å². The van der Waals surface area contributed by atoms with Crippen LogP contribution in [0.2, 0.25) is 0 Å². The summed E-state index contributed by atoms with van der Waals surface area (Å²) in [7, 11) is -3.42. The standard InChI is InChI=1S/C28H30F7N3O5S/c1-25(29,30)6-5-17-12-38(18-10-26(11-18)14-27(31,32)15-26)20-8-19(28(33,34)35)21(9-22(20)44(41,42)37(17)2)43-13-16-4-3-7-36-23(16)24(39)40/h3-4,7-9,17-18H,5-6,10-15H2,1-2H3,(H,39,40)/t17-/m0/s1. The molecule has 0 unspecified atom stereocenters. The molecule has 8 nitrogen and oxygen atoms in total. The number of halogens is 7. The van der Waals surface area contributed by atoms with E-state index >= 15 is 0 Å². The zero-order valence-electron chi connectivity index (χ0n) is 23.7. The molecule has 44 heavy (non-hydrogen) atoms. The van der Waals surface area contributed by atoms with Crippen LogP contribution in [-0.4, -0.2) is 66.3 Å². The molecule has 2 saturated carbocycles. The Morgan fingerprint density at radius 2 is 1.82 bits per heavy atom. The van der Waals surface area contributed by atoms with E-state index in [1.807, 2.05) is 0 Å². The monoisotopic (exact) mass is 653 g/mol. The van der Waals surface area contributed by atoms with Gasteiger partial charge in [-0.3, -0.25) is 0 Å². The number of rotatable bonds is 8. The molecule has 1 spiro atoms. The number of sulfonamides is 1. The average molecular weight is 654 g/mol. The van der Waals surface area contributed by atoms with Gasteiger partial charge in [0.05, 0.1) is 11.3 Å². The smallest absolute Gasteiger partial charge is 0.420 e. The molecule has 0 radical (unpaired) electrons. The molecule has 1 aliphatic heterocycles. The lowest BCUT2D eigenvalue weighted by atomic mass is 9.52. The first-order chi connectivity index (χ1) is 20.2. The Kier molecular flexibility index (Phi) is 7.87. The summed E-state index contributed by atoms with van der Waals surface area (Å²) in [5.41, 5.74) is -2.92. The predicted molar refractivity (Wildman–Crippen MR) is 143 cm³/mol. The van der Waals surface area contributed by atoms with Crippen molar-refractivity contribution in [2.75, 3.05) is 18.5 Å². The summed E-state index contributed by atoms with van der Waals surface area (Å²) in [4.78, 5) is 16.1. The largest absolute Gasteiger partial charge is 0.488 e. The molecular formula is C28H30F7N3O5S. The van der Waals surface area contributed by atoms with Gasteiger partial charge in [0.2, 0.25) is 21.9 Å². The number of fused-ring (bicyclic) bond motifs is 1. The van der Waals surface area contributed by atoms with Crippen LogP contribution >= 0.6 is 0 Å². The second-order valence-corrected chi connectivity index (χ2v) is 14.1. The van der Waals surface area contributed by atoms with Crippen LogP contribution in [0.4, 0.5) is 36.4 Å². The second-order valence-electron chi connectivity index (χ2n) is 12.1. The zero-order chi connectivity index (χ0) is 32.5. The Balaban J connectivity index is 1.58. The summed E-state index contributed by atoms with van der Waals surface area (Å²) in [5, 5.41) is 9.37. The third kappa shape index (κ3) is 6.19. The first-order valence-electron chi connectivity index (χ1n) is 13.8. The van der Waals surface area contributed by atoms with Gasteiger partial charge in [-0.1, -0.05) is 6.07 Å². The number of carboxylic acid groups (broad SMARTS) is 1. The third-order valence-electron chi connectivity index (χ3n) is 8.69. The van der Waals surface area contributed by atoms with Crippen LogP contribution in [0.15, 0.2) is 35.4 Å². The summed E-state index contributed by atoms with van der Waals surface area (Å²) < 4.78 is 132. The number of hydrogen-bond donors (Lipinski definition) is 1. The summed E-state index contributed by atoms with van der Waals surface area (Å²) in [5.74, 6) is -8.33. The van der Waals surface area contributed by atoms with Crippen molar-refractivity contribution in [3.8, 4) is 5.75 Å². The maximum atomic E-state index is 14.4. The molecule has 1 aromatic carbocycles. The average Bonchev–Trinajstić information content (AvgIpc) is 2.94. The number of carbonyl (C=O) groups is 1. The Hall–Kier alpha value is -3.14. The van der Waals surface area contributed by atoms with E-state index in [1.165, 1.54) is 23.2 Å². The molecule has 5 rings (SSSR count). The quantitative estimate of drug-likeness (QED) is 0.339. The second kappa shape index (κ2) is 10.7. The number of nitrogens with zero attached hydrogens (tertiary/aromatic N) is 3. The van der Waals surface area contributed by atoms with Crippen molar-refractivity contribution in [1.82, 2.24) is 9.29 Å². The van der Waals surface area contributed by atoms with Gasteiger partial charge in [0.1, 0.15) is 17.3 Å². The molecule has 2 heterocycles. The molecule has 0 amide bonds. The number of hydrogen-bond acceptors (Lipinski definition) is 6. The van der Waals surface area contributed by atoms with Gasteiger partial charge in [-0.05, 0) is 43.7 Å². The highest BCUT2D eigenvalue weighted by Crippen LogP contribution is 2.64. The molecule has 16 heteroatoms. The minimum Gasteiger partial charge on any atom is -0.488 e. The fraction of sp³-hybridized carbons (Fsp3) is 0.571. The van der Waals surface area contributed by atoms with Crippen LogP contribution in [0.25, 0.3) is 0 Å². The van der Waals surface area contributed by atoms with Crippen LogP contribution in [0, 0.1) is 5.41 Å². The molecule has 1 atom stereocenters. The van der Waals surface area contributed by atoms with Gasteiger partial charge in [-0.15, -0.1) is 0 Å². The molecule has 0 bridgehead atoms. The minimum atomic E-state index is -5.05. The normalized spacial score (nSPS) is 22.9. The Bertz CT molecular complexity index is 1550. The van der Waals surface area contributed by atoms with Gasteiger partial charge in [0.25, 0.3) is 0 Å². The molecule has 2 fully saturated rings. The first-order valence-corrected chi connectivity index (χ1v) is 15.2. The molecular weight excluding hydrogens is 623 g/mol. The lowest BCUT2D eigenvalue weighted by Gasteiger charge is -2.60. The number of ether oxygens (including phenoxy) is 1. The van der Waals surface area contributed by atoms with Crippen LogP contribution < -0.4 is 9.64 Å². The topological polar surface area (TPSA) is 100 Å². The van der Waals surface area contributed by atoms with E-state index in [-0.39, 0.29) is 49.9 Å². The number of likely N-dealkylation sites (N-methyl/N-ethyl adjacent to an activating group) is 1. The Morgan fingerprint density at radius 3 is 2.39 bits per heavy atom. The predicted octanol–water partition coefficient (Wildman–Crippen LogP) is 6.20. The molecule has 3 aliphatic rings. The summed E-state index contributed by atoms with van der Waals surface area (Å²) in [6.45, 7) is -0.246. The molecule has 0 saturated heterocycles. The number of aromatic carboxylic acids is 1. The van der Waals surface area contributed by atoms with Crippen LogP contribution in [0.3, 0.4) is 0 Å². The number of aromatic nitrogens is 1.